The minimum atomic E-state index is -0.417. The maximum Gasteiger partial charge on any atom is 0.276 e. The SMILES string of the molecule is O=C(Nc1cccc(F)c1)c1nn(-c2ccc(F)cc2)c2c1CCC2. The Morgan fingerprint density at radius 3 is 2.60 bits per heavy atom. The molecule has 0 fully saturated rings. The van der Waals surface area contributed by atoms with Gasteiger partial charge in [0.25, 0.3) is 5.91 Å². The Balaban J connectivity index is 1.69. The van der Waals surface area contributed by atoms with Crippen molar-refractivity contribution in [1.82, 2.24) is 9.78 Å². The molecule has 0 unspecified atom stereocenters. The second-order valence-corrected chi connectivity index (χ2v) is 5.98. The molecule has 2 aromatic carbocycles. The fourth-order valence-electron chi connectivity index (χ4n) is 3.17. The molecular formula is C19H15F2N3O. The van der Waals surface area contributed by atoms with Crippen molar-refractivity contribution in [3.05, 3.63) is 77.1 Å². The molecule has 1 heterocycles. The molecule has 1 aliphatic carbocycles. The highest BCUT2D eigenvalue weighted by Crippen LogP contribution is 2.28. The van der Waals surface area contributed by atoms with E-state index < -0.39 is 5.82 Å². The molecule has 0 aliphatic heterocycles. The average molecular weight is 339 g/mol. The van der Waals surface area contributed by atoms with Gasteiger partial charge in [-0.25, -0.2) is 13.5 Å². The number of nitrogens with zero attached hydrogens (tertiary/aromatic N) is 2. The Hall–Kier alpha value is -3.02. The Kier molecular flexibility index (Phi) is 3.80. The molecule has 3 aromatic rings. The van der Waals surface area contributed by atoms with Crippen LogP contribution in [0.15, 0.2) is 48.5 Å². The van der Waals surface area contributed by atoms with Gasteiger partial charge >= 0.3 is 0 Å². The molecule has 0 saturated carbocycles. The second kappa shape index (κ2) is 6.12. The average Bonchev–Trinajstić information content (AvgIpc) is 3.18. The Morgan fingerprint density at radius 2 is 1.84 bits per heavy atom. The molecule has 126 valence electrons. The van der Waals surface area contributed by atoms with Crippen LogP contribution in [0.5, 0.6) is 0 Å². The molecule has 4 nitrogen and oxygen atoms in total. The molecule has 0 saturated heterocycles. The third-order valence-corrected chi connectivity index (χ3v) is 4.30. The summed E-state index contributed by atoms with van der Waals surface area (Å²) in [5, 5.41) is 7.13. The Morgan fingerprint density at radius 1 is 1.04 bits per heavy atom. The van der Waals surface area contributed by atoms with Gasteiger partial charge in [0, 0.05) is 16.9 Å². The molecule has 4 rings (SSSR count). The zero-order chi connectivity index (χ0) is 17.4. The Bertz CT molecular complexity index is 948. The summed E-state index contributed by atoms with van der Waals surface area (Å²) < 4.78 is 28.2. The number of halogens is 2. The number of aromatic nitrogens is 2. The van der Waals surface area contributed by atoms with Gasteiger partial charge < -0.3 is 5.32 Å². The van der Waals surface area contributed by atoms with Gasteiger partial charge in [-0.3, -0.25) is 4.79 Å². The van der Waals surface area contributed by atoms with Crippen LogP contribution < -0.4 is 5.32 Å². The zero-order valence-corrected chi connectivity index (χ0v) is 13.3. The normalized spacial score (nSPS) is 12.9. The summed E-state index contributed by atoms with van der Waals surface area (Å²) in [4.78, 5) is 12.6. The lowest BCUT2D eigenvalue weighted by Gasteiger charge is -2.05. The number of fused-ring (bicyclic) bond motifs is 1. The number of amides is 1. The number of rotatable bonds is 3. The van der Waals surface area contributed by atoms with E-state index in [1.165, 1.54) is 30.3 Å². The van der Waals surface area contributed by atoms with Crippen LogP contribution in [0.1, 0.15) is 28.2 Å². The summed E-state index contributed by atoms with van der Waals surface area (Å²) in [7, 11) is 0. The summed E-state index contributed by atoms with van der Waals surface area (Å²) in [6, 6.07) is 11.7. The van der Waals surface area contributed by atoms with Crippen molar-refractivity contribution in [2.75, 3.05) is 5.32 Å². The smallest absolute Gasteiger partial charge is 0.276 e. The van der Waals surface area contributed by atoms with Crippen molar-refractivity contribution in [2.45, 2.75) is 19.3 Å². The van der Waals surface area contributed by atoms with E-state index in [-0.39, 0.29) is 11.7 Å². The van der Waals surface area contributed by atoms with E-state index in [1.54, 1.807) is 22.9 Å². The van der Waals surface area contributed by atoms with E-state index >= 15 is 0 Å². The van der Waals surface area contributed by atoms with E-state index in [0.29, 0.717) is 17.1 Å². The van der Waals surface area contributed by atoms with Gasteiger partial charge in [-0.05, 0) is 61.7 Å². The predicted octanol–water partition coefficient (Wildman–Crippen LogP) is 3.89. The van der Waals surface area contributed by atoms with Gasteiger partial charge in [-0.2, -0.15) is 5.10 Å². The summed E-state index contributed by atoms with van der Waals surface area (Å²) >= 11 is 0. The first-order valence-electron chi connectivity index (χ1n) is 8.05. The largest absolute Gasteiger partial charge is 0.320 e. The van der Waals surface area contributed by atoms with Crippen LogP contribution in [0.2, 0.25) is 0 Å². The van der Waals surface area contributed by atoms with Crippen LogP contribution in [0.4, 0.5) is 14.5 Å². The first kappa shape index (κ1) is 15.5. The van der Waals surface area contributed by atoms with Gasteiger partial charge in [0.15, 0.2) is 5.69 Å². The predicted molar refractivity (Wildman–Crippen MR) is 89.9 cm³/mol. The third-order valence-electron chi connectivity index (χ3n) is 4.30. The lowest BCUT2D eigenvalue weighted by molar-refractivity contribution is 0.102. The number of carbonyl (C=O) groups excluding carboxylic acids is 1. The lowest BCUT2D eigenvalue weighted by Crippen LogP contribution is -2.15. The fourth-order valence-corrected chi connectivity index (χ4v) is 3.17. The van der Waals surface area contributed by atoms with Crippen molar-refractivity contribution < 1.29 is 13.6 Å². The number of anilines is 1. The highest BCUT2D eigenvalue weighted by molar-refractivity contribution is 6.04. The van der Waals surface area contributed by atoms with Gasteiger partial charge in [-0.15, -0.1) is 0 Å². The van der Waals surface area contributed by atoms with Crippen LogP contribution >= 0.6 is 0 Å². The summed E-state index contributed by atoms with van der Waals surface area (Å²) in [5.74, 6) is -1.11. The molecule has 1 aromatic heterocycles. The number of benzene rings is 2. The second-order valence-electron chi connectivity index (χ2n) is 5.98. The van der Waals surface area contributed by atoms with Gasteiger partial charge in [-0.1, -0.05) is 6.07 Å². The number of carbonyl (C=O) groups is 1. The maximum atomic E-state index is 13.3. The van der Waals surface area contributed by atoms with E-state index in [4.69, 9.17) is 0 Å². The molecule has 0 atom stereocenters. The summed E-state index contributed by atoms with van der Waals surface area (Å²) in [6.07, 6.45) is 2.52. The minimum absolute atomic E-state index is 0.323. The third kappa shape index (κ3) is 2.91. The summed E-state index contributed by atoms with van der Waals surface area (Å²) in [5.41, 5.74) is 3.30. The van der Waals surface area contributed by atoms with Crippen LogP contribution in [0, 0.1) is 11.6 Å². The van der Waals surface area contributed by atoms with Crippen LogP contribution in [0.3, 0.4) is 0 Å². The molecule has 0 bridgehead atoms. The van der Waals surface area contributed by atoms with Crippen LogP contribution in [-0.4, -0.2) is 15.7 Å². The molecular weight excluding hydrogens is 324 g/mol. The molecule has 0 spiro atoms. The first-order valence-corrected chi connectivity index (χ1v) is 8.05. The maximum absolute atomic E-state index is 13.3. The van der Waals surface area contributed by atoms with E-state index in [9.17, 15) is 13.6 Å². The van der Waals surface area contributed by atoms with Crippen molar-refractivity contribution >= 4 is 11.6 Å². The van der Waals surface area contributed by atoms with Gasteiger partial charge in [0.2, 0.25) is 0 Å². The first-order chi connectivity index (χ1) is 12.1. The number of hydrogen-bond donors (Lipinski definition) is 1. The fraction of sp³-hybridized carbons (Fsp3) is 0.158. The topological polar surface area (TPSA) is 46.9 Å². The monoisotopic (exact) mass is 339 g/mol. The van der Waals surface area contributed by atoms with E-state index in [0.717, 1.165) is 30.5 Å². The molecule has 1 aliphatic rings. The van der Waals surface area contributed by atoms with Crippen molar-refractivity contribution in [2.24, 2.45) is 0 Å². The number of hydrogen-bond acceptors (Lipinski definition) is 2. The Labute approximate surface area is 143 Å². The molecule has 1 amide bonds. The van der Waals surface area contributed by atoms with Gasteiger partial charge in [0.1, 0.15) is 11.6 Å². The highest BCUT2D eigenvalue weighted by Gasteiger charge is 2.27. The quantitative estimate of drug-likeness (QED) is 0.787. The molecule has 25 heavy (non-hydrogen) atoms. The van der Waals surface area contributed by atoms with E-state index in [1.807, 2.05) is 0 Å². The number of nitrogens with one attached hydrogen (secondary N) is 1. The minimum Gasteiger partial charge on any atom is -0.320 e. The molecule has 0 radical (unpaired) electrons. The zero-order valence-electron chi connectivity index (χ0n) is 13.3. The molecule has 6 heteroatoms. The highest BCUT2D eigenvalue weighted by atomic mass is 19.1. The van der Waals surface area contributed by atoms with Gasteiger partial charge in [0.05, 0.1) is 5.69 Å². The van der Waals surface area contributed by atoms with E-state index in [2.05, 4.69) is 10.4 Å². The van der Waals surface area contributed by atoms with Crippen LogP contribution in [-0.2, 0) is 12.8 Å². The van der Waals surface area contributed by atoms with Crippen molar-refractivity contribution in [3.63, 3.8) is 0 Å². The van der Waals surface area contributed by atoms with Crippen molar-refractivity contribution in [1.29, 1.82) is 0 Å². The van der Waals surface area contributed by atoms with Crippen LogP contribution in [0.25, 0.3) is 5.69 Å². The lowest BCUT2D eigenvalue weighted by atomic mass is 10.2. The standard InChI is InChI=1S/C19H15F2N3O/c20-12-7-9-15(10-8-12)24-17-6-2-5-16(17)18(23-24)19(25)22-14-4-1-3-13(21)11-14/h1,3-4,7-11H,2,5-6H2,(H,22,25). The molecule has 1 N–H and O–H groups in total. The van der Waals surface area contributed by atoms with Crippen molar-refractivity contribution in [3.8, 4) is 5.69 Å². The summed E-state index contributed by atoms with van der Waals surface area (Å²) in [6.45, 7) is 0.